The molecule has 0 bridgehead atoms. The number of rotatable bonds is 6. The Morgan fingerprint density at radius 3 is 2.71 bits per heavy atom. The van der Waals surface area contributed by atoms with E-state index in [1.54, 1.807) is 12.1 Å². The Morgan fingerprint density at radius 1 is 1.47 bits per heavy atom. The van der Waals surface area contributed by atoms with Crippen LogP contribution in [0, 0.1) is 10.1 Å². The number of benzene rings is 1. The van der Waals surface area contributed by atoms with Crippen molar-refractivity contribution >= 4 is 27.3 Å². The third kappa shape index (κ3) is 4.00. The Labute approximate surface area is 110 Å². The minimum absolute atomic E-state index is 0.113. The minimum Gasteiger partial charge on any atom is -0.381 e. The predicted molar refractivity (Wildman–Crippen MR) is 73.4 cm³/mol. The molecule has 0 fully saturated rings. The Morgan fingerprint density at radius 2 is 2.18 bits per heavy atom. The summed E-state index contributed by atoms with van der Waals surface area (Å²) in [6.07, 6.45) is 3.16. The molecular formula is C12H17BrN2O2. The molecular weight excluding hydrogens is 284 g/mol. The van der Waals surface area contributed by atoms with E-state index in [9.17, 15) is 10.1 Å². The average Bonchev–Trinajstić information content (AvgIpc) is 2.30. The van der Waals surface area contributed by atoms with Crippen LogP contribution in [0.5, 0.6) is 0 Å². The highest BCUT2D eigenvalue weighted by molar-refractivity contribution is 9.10. The molecule has 0 aromatic heterocycles. The van der Waals surface area contributed by atoms with Gasteiger partial charge in [0.15, 0.2) is 0 Å². The Kier molecular flexibility index (Phi) is 5.41. The number of nitro groups is 1. The van der Waals surface area contributed by atoms with Crippen molar-refractivity contribution in [1.82, 2.24) is 0 Å². The Bertz CT molecular complexity index is 396. The van der Waals surface area contributed by atoms with E-state index >= 15 is 0 Å². The van der Waals surface area contributed by atoms with Crippen LogP contribution < -0.4 is 5.32 Å². The molecule has 17 heavy (non-hydrogen) atoms. The van der Waals surface area contributed by atoms with Crippen LogP contribution in [0.15, 0.2) is 22.7 Å². The lowest BCUT2D eigenvalue weighted by molar-refractivity contribution is -0.384. The number of non-ortho nitro benzene ring substituents is 1. The van der Waals surface area contributed by atoms with Crippen LogP contribution in [0.4, 0.5) is 11.4 Å². The van der Waals surface area contributed by atoms with Gasteiger partial charge in [-0.25, -0.2) is 0 Å². The van der Waals surface area contributed by atoms with Crippen LogP contribution in [-0.2, 0) is 0 Å². The topological polar surface area (TPSA) is 55.2 Å². The fourth-order valence-corrected chi connectivity index (χ4v) is 2.05. The van der Waals surface area contributed by atoms with Gasteiger partial charge in [0.25, 0.3) is 5.69 Å². The lowest BCUT2D eigenvalue weighted by Crippen LogP contribution is -2.18. The zero-order chi connectivity index (χ0) is 12.8. The zero-order valence-corrected chi connectivity index (χ0v) is 11.7. The van der Waals surface area contributed by atoms with Crippen LogP contribution in [0.25, 0.3) is 0 Å². The summed E-state index contributed by atoms with van der Waals surface area (Å²) in [5.74, 6) is 0. The van der Waals surface area contributed by atoms with Crippen molar-refractivity contribution in [3.8, 4) is 0 Å². The average molecular weight is 301 g/mol. The van der Waals surface area contributed by atoms with E-state index in [2.05, 4.69) is 35.1 Å². The van der Waals surface area contributed by atoms with Crippen LogP contribution in [0.3, 0.4) is 0 Å². The molecule has 0 aliphatic carbocycles. The van der Waals surface area contributed by atoms with E-state index in [-0.39, 0.29) is 10.6 Å². The molecule has 1 atom stereocenters. The van der Waals surface area contributed by atoms with Gasteiger partial charge in [-0.05, 0) is 34.8 Å². The lowest BCUT2D eigenvalue weighted by Gasteiger charge is -2.18. The first kappa shape index (κ1) is 14.0. The van der Waals surface area contributed by atoms with E-state index in [0.717, 1.165) is 29.4 Å². The van der Waals surface area contributed by atoms with Crippen LogP contribution >= 0.6 is 15.9 Å². The third-order valence-corrected chi connectivity index (χ3v) is 3.34. The maximum absolute atomic E-state index is 10.7. The normalized spacial score (nSPS) is 12.2. The first-order valence-electron chi connectivity index (χ1n) is 5.79. The molecule has 1 unspecified atom stereocenters. The van der Waals surface area contributed by atoms with Gasteiger partial charge >= 0.3 is 0 Å². The quantitative estimate of drug-likeness (QED) is 0.628. The van der Waals surface area contributed by atoms with Crippen LogP contribution in [-0.4, -0.2) is 11.0 Å². The molecule has 0 aliphatic heterocycles. The summed E-state index contributed by atoms with van der Waals surface area (Å²) in [7, 11) is 0. The summed E-state index contributed by atoms with van der Waals surface area (Å²) in [5, 5.41) is 14.0. The van der Waals surface area contributed by atoms with Crippen LogP contribution in [0.2, 0.25) is 0 Å². The molecule has 0 saturated heterocycles. The van der Waals surface area contributed by atoms with Gasteiger partial charge in [-0.3, -0.25) is 10.1 Å². The first-order valence-corrected chi connectivity index (χ1v) is 6.58. The summed E-state index contributed by atoms with van der Waals surface area (Å²) < 4.78 is 0.859. The summed E-state index contributed by atoms with van der Waals surface area (Å²) in [6.45, 7) is 4.24. The summed E-state index contributed by atoms with van der Waals surface area (Å²) >= 11 is 3.40. The van der Waals surface area contributed by atoms with Gasteiger partial charge in [-0.15, -0.1) is 0 Å². The third-order valence-electron chi connectivity index (χ3n) is 2.65. The Hall–Kier alpha value is -1.10. The minimum atomic E-state index is -0.377. The molecule has 0 amide bonds. The van der Waals surface area contributed by atoms with E-state index in [4.69, 9.17) is 0 Å². The molecule has 1 N–H and O–H groups in total. The van der Waals surface area contributed by atoms with Gasteiger partial charge in [0.1, 0.15) is 0 Å². The summed E-state index contributed by atoms with van der Waals surface area (Å²) in [5.41, 5.74) is 0.904. The molecule has 1 aromatic rings. The van der Waals surface area contributed by atoms with Crippen molar-refractivity contribution in [3.63, 3.8) is 0 Å². The standard InChI is InChI=1S/C12H17BrN2O2/c1-3-5-9(4-2)14-12-8-10(15(16)17)6-7-11(12)13/h6-9,14H,3-5H2,1-2H3. The van der Waals surface area contributed by atoms with Gasteiger partial charge in [-0.1, -0.05) is 20.3 Å². The maximum Gasteiger partial charge on any atom is 0.271 e. The lowest BCUT2D eigenvalue weighted by atomic mass is 10.1. The van der Waals surface area contributed by atoms with Gasteiger partial charge < -0.3 is 5.32 Å². The molecule has 0 spiro atoms. The fraction of sp³-hybridized carbons (Fsp3) is 0.500. The molecule has 0 heterocycles. The highest BCUT2D eigenvalue weighted by atomic mass is 79.9. The van der Waals surface area contributed by atoms with Crippen molar-refractivity contribution < 1.29 is 4.92 Å². The Balaban J connectivity index is 2.88. The summed E-state index contributed by atoms with van der Waals surface area (Å²) in [4.78, 5) is 10.3. The van der Waals surface area contributed by atoms with Gasteiger partial charge in [-0.2, -0.15) is 0 Å². The maximum atomic E-state index is 10.7. The fourth-order valence-electron chi connectivity index (χ4n) is 1.68. The monoisotopic (exact) mass is 300 g/mol. The van der Waals surface area contributed by atoms with Gasteiger partial charge in [0.2, 0.25) is 0 Å². The number of anilines is 1. The molecule has 0 radical (unpaired) electrons. The second-order valence-corrected chi connectivity index (χ2v) is 4.81. The van der Waals surface area contributed by atoms with Gasteiger partial charge in [0.05, 0.1) is 10.6 Å². The largest absolute Gasteiger partial charge is 0.381 e. The van der Waals surface area contributed by atoms with Crippen molar-refractivity contribution in [2.75, 3.05) is 5.32 Å². The second-order valence-electron chi connectivity index (χ2n) is 3.96. The van der Waals surface area contributed by atoms with E-state index < -0.39 is 0 Å². The second kappa shape index (κ2) is 6.59. The number of nitrogens with one attached hydrogen (secondary N) is 1. The smallest absolute Gasteiger partial charge is 0.271 e. The number of hydrogen-bond acceptors (Lipinski definition) is 3. The van der Waals surface area contributed by atoms with Crippen LogP contribution in [0.1, 0.15) is 33.1 Å². The van der Waals surface area contributed by atoms with E-state index in [0.29, 0.717) is 6.04 Å². The zero-order valence-electron chi connectivity index (χ0n) is 10.1. The first-order chi connectivity index (χ1) is 8.08. The number of nitro benzene ring substituents is 1. The molecule has 4 nitrogen and oxygen atoms in total. The van der Waals surface area contributed by atoms with E-state index in [1.807, 2.05) is 0 Å². The highest BCUT2D eigenvalue weighted by Crippen LogP contribution is 2.28. The highest BCUT2D eigenvalue weighted by Gasteiger charge is 2.12. The molecule has 0 aliphatic rings. The van der Waals surface area contributed by atoms with Crippen molar-refractivity contribution in [2.24, 2.45) is 0 Å². The molecule has 0 saturated carbocycles. The van der Waals surface area contributed by atoms with Crippen molar-refractivity contribution in [3.05, 3.63) is 32.8 Å². The predicted octanol–water partition coefficient (Wildman–Crippen LogP) is 4.35. The molecule has 5 heteroatoms. The van der Waals surface area contributed by atoms with E-state index in [1.165, 1.54) is 6.07 Å². The SMILES string of the molecule is CCCC(CC)Nc1cc([N+](=O)[O-])ccc1Br. The number of hydrogen-bond donors (Lipinski definition) is 1. The molecule has 94 valence electrons. The summed E-state index contributed by atoms with van der Waals surface area (Å²) in [6, 6.07) is 5.13. The van der Waals surface area contributed by atoms with Crippen molar-refractivity contribution in [1.29, 1.82) is 0 Å². The van der Waals surface area contributed by atoms with Crippen molar-refractivity contribution in [2.45, 2.75) is 39.2 Å². The molecule has 1 rings (SSSR count). The number of halogens is 1. The number of nitrogens with zero attached hydrogens (tertiary/aromatic N) is 1. The molecule has 1 aromatic carbocycles. The van der Waals surface area contributed by atoms with Gasteiger partial charge in [0, 0.05) is 22.6 Å².